The Hall–Kier alpha value is -1.96. The minimum atomic E-state index is -4.63. The highest BCUT2D eigenvalue weighted by Crippen LogP contribution is 2.26. The fourth-order valence-electron chi connectivity index (χ4n) is 2.09. The molecule has 1 rings (SSSR count). The Morgan fingerprint density at radius 2 is 2.00 bits per heavy atom. The standard InChI is InChI=1S/C12H17N3O8S2/c1-7-9(8(2)16)11(17)15(12(18)10(7)14-13)3-5-24(19)6-4-23-25(20,21)22/h13,17H,3-6H2,1-2H3,(H,20,21,22). The summed E-state index contributed by atoms with van der Waals surface area (Å²) < 4.78 is 45.8. The van der Waals surface area contributed by atoms with Crippen LogP contribution in [-0.2, 0) is 31.9 Å². The zero-order chi connectivity index (χ0) is 19.4. The number of carbonyl (C=O) groups excluding carboxylic acids is 1. The van der Waals surface area contributed by atoms with E-state index in [9.17, 15) is 27.3 Å². The van der Waals surface area contributed by atoms with E-state index >= 15 is 0 Å². The molecule has 0 aliphatic carbocycles. The molecule has 11 nitrogen and oxygen atoms in total. The highest BCUT2D eigenvalue weighted by Gasteiger charge is 2.22. The van der Waals surface area contributed by atoms with Gasteiger partial charge in [0.15, 0.2) is 11.5 Å². The van der Waals surface area contributed by atoms with E-state index < -0.39 is 45.0 Å². The summed E-state index contributed by atoms with van der Waals surface area (Å²) in [4.78, 5) is 23.9. The normalized spacial score (nSPS) is 12.8. The fourth-order valence-corrected chi connectivity index (χ4v) is 3.35. The van der Waals surface area contributed by atoms with Gasteiger partial charge in [-0.1, -0.05) is 0 Å². The number of carbonyl (C=O) groups is 1. The summed E-state index contributed by atoms with van der Waals surface area (Å²) in [7, 11) is -6.27. The molecule has 1 heterocycles. The largest absolute Gasteiger partial charge is 0.494 e. The summed E-state index contributed by atoms with van der Waals surface area (Å²) in [6.45, 7) is 1.77. The predicted molar refractivity (Wildman–Crippen MR) is 87.3 cm³/mol. The molecule has 0 fully saturated rings. The van der Waals surface area contributed by atoms with E-state index in [1.165, 1.54) is 13.8 Å². The zero-order valence-electron chi connectivity index (χ0n) is 13.4. The van der Waals surface area contributed by atoms with Crippen LogP contribution in [0.5, 0.6) is 5.88 Å². The van der Waals surface area contributed by atoms with Crippen molar-refractivity contribution in [3.63, 3.8) is 0 Å². The van der Waals surface area contributed by atoms with Gasteiger partial charge in [0, 0.05) is 28.9 Å². The Morgan fingerprint density at radius 1 is 1.40 bits per heavy atom. The molecule has 0 aliphatic heterocycles. The van der Waals surface area contributed by atoms with E-state index in [0.717, 1.165) is 4.57 Å². The van der Waals surface area contributed by atoms with Gasteiger partial charge in [-0.15, -0.1) is 0 Å². The number of aromatic hydroxyl groups is 1. The predicted octanol–water partition coefficient (Wildman–Crippen LogP) is 0.295. The third kappa shape index (κ3) is 5.52. The Labute approximate surface area is 145 Å². The molecule has 0 bridgehead atoms. The van der Waals surface area contributed by atoms with Gasteiger partial charge in [-0.2, -0.15) is 13.5 Å². The molecule has 1 aromatic heterocycles. The van der Waals surface area contributed by atoms with Crippen LogP contribution in [0.1, 0.15) is 22.8 Å². The lowest BCUT2D eigenvalue weighted by atomic mass is 10.1. The molecular weight excluding hydrogens is 378 g/mol. The summed E-state index contributed by atoms with van der Waals surface area (Å²) in [5.41, 5.74) is 5.84. The Kier molecular flexibility index (Phi) is 7.10. The lowest BCUT2D eigenvalue weighted by Crippen LogP contribution is -2.26. The third-order valence-electron chi connectivity index (χ3n) is 3.21. The maximum atomic E-state index is 12.2. The first-order valence-electron chi connectivity index (χ1n) is 6.81. The van der Waals surface area contributed by atoms with Crippen molar-refractivity contribution in [2.24, 2.45) is 5.11 Å². The topological polar surface area (TPSA) is 176 Å². The Bertz CT molecular complexity index is 875. The van der Waals surface area contributed by atoms with Gasteiger partial charge in [0.25, 0.3) is 5.56 Å². The summed E-state index contributed by atoms with van der Waals surface area (Å²) in [6.07, 6.45) is 0. The van der Waals surface area contributed by atoms with Gasteiger partial charge in [0.05, 0.1) is 12.2 Å². The summed E-state index contributed by atoms with van der Waals surface area (Å²) in [5.74, 6) is -1.55. The Morgan fingerprint density at radius 3 is 2.48 bits per heavy atom. The van der Waals surface area contributed by atoms with Crippen molar-refractivity contribution in [1.82, 2.24) is 4.57 Å². The van der Waals surface area contributed by atoms with Crippen LogP contribution in [-0.4, -0.2) is 50.7 Å². The monoisotopic (exact) mass is 395 g/mol. The number of nitrogens with zero attached hydrogens (tertiary/aromatic N) is 2. The van der Waals surface area contributed by atoms with Gasteiger partial charge in [0.2, 0.25) is 5.88 Å². The second kappa shape index (κ2) is 8.42. The van der Waals surface area contributed by atoms with Crippen LogP contribution in [0.15, 0.2) is 9.91 Å². The maximum absolute atomic E-state index is 12.2. The van der Waals surface area contributed by atoms with Gasteiger partial charge < -0.3 is 5.11 Å². The molecule has 0 aliphatic rings. The first-order chi connectivity index (χ1) is 11.5. The van der Waals surface area contributed by atoms with Crippen LogP contribution < -0.4 is 5.56 Å². The average molecular weight is 395 g/mol. The third-order valence-corrected chi connectivity index (χ3v) is 4.93. The molecule has 140 valence electrons. The van der Waals surface area contributed by atoms with Crippen molar-refractivity contribution in [3.05, 3.63) is 21.5 Å². The number of Topliss-reactive ketones (excluding diaryl/α,β-unsaturated/α-hetero) is 1. The van der Waals surface area contributed by atoms with Crippen molar-refractivity contribution in [2.45, 2.75) is 20.4 Å². The van der Waals surface area contributed by atoms with E-state index in [1.54, 1.807) is 0 Å². The number of hydrogen-bond donors (Lipinski definition) is 3. The molecule has 0 saturated carbocycles. The summed E-state index contributed by atoms with van der Waals surface area (Å²) in [6, 6.07) is 0. The molecule has 13 heteroatoms. The minimum absolute atomic E-state index is 0.0731. The van der Waals surface area contributed by atoms with Crippen LogP contribution in [0.3, 0.4) is 0 Å². The second-order valence-electron chi connectivity index (χ2n) is 4.89. The van der Waals surface area contributed by atoms with Crippen molar-refractivity contribution < 1.29 is 31.3 Å². The molecule has 0 aromatic carbocycles. The molecule has 1 unspecified atom stereocenters. The summed E-state index contributed by atoms with van der Waals surface area (Å²) >= 11 is 0. The van der Waals surface area contributed by atoms with Gasteiger partial charge in [-0.3, -0.25) is 22.9 Å². The van der Waals surface area contributed by atoms with E-state index in [1.807, 2.05) is 0 Å². The van der Waals surface area contributed by atoms with Crippen LogP contribution in [0.4, 0.5) is 5.69 Å². The van der Waals surface area contributed by atoms with Crippen molar-refractivity contribution in [3.8, 4) is 5.88 Å². The van der Waals surface area contributed by atoms with Gasteiger partial charge >= 0.3 is 10.4 Å². The van der Waals surface area contributed by atoms with E-state index in [0.29, 0.717) is 0 Å². The number of hydrogen-bond acceptors (Lipinski definition) is 9. The second-order valence-corrected chi connectivity index (χ2v) is 7.68. The van der Waals surface area contributed by atoms with Crippen LogP contribution in [0.2, 0.25) is 0 Å². The Balaban J connectivity index is 3.01. The molecule has 0 spiro atoms. The molecule has 25 heavy (non-hydrogen) atoms. The lowest BCUT2D eigenvalue weighted by Gasteiger charge is -2.14. The molecule has 3 N–H and O–H groups in total. The quantitative estimate of drug-likeness (QED) is 0.303. The smallest absolute Gasteiger partial charge is 0.397 e. The van der Waals surface area contributed by atoms with Gasteiger partial charge in [-0.25, -0.2) is 9.71 Å². The first-order valence-corrected chi connectivity index (χ1v) is 9.66. The van der Waals surface area contributed by atoms with E-state index in [2.05, 4.69) is 9.30 Å². The SMILES string of the molecule is CC(=O)c1c(C)c(N=N)c(=O)n(CCS(=O)CCOS(=O)(=O)O)c1O. The number of aromatic nitrogens is 1. The lowest BCUT2D eigenvalue weighted by molar-refractivity contribution is 0.101. The van der Waals surface area contributed by atoms with Gasteiger partial charge in [-0.05, 0) is 19.4 Å². The first kappa shape index (κ1) is 21.1. The molecule has 0 radical (unpaired) electrons. The number of nitrogens with one attached hydrogen (secondary N) is 1. The zero-order valence-corrected chi connectivity index (χ0v) is 15.0. The van der Waals surface area contributed by atoms with E-state index in [4.69, 9.17) is 10.1 Å². The van der Waals surface area contributed by atoms with Crippen molar-refractivity contribution in [2.75, 3.05) is 18.1 Å². The minimum Gasteiger partial charge on any atom is -0.494 e. The van der Waals surface area contributed by atoms with Crippen LogP contribution in [0.25, 0.3) is 0 Å². The maximum Gasteiger partial charge on any atom is 0.397 e. The molecule has 0 saturated heterocycles. The van der Waals surface area contributed by atoms with Crippen LogP contribution in [0, 0.1) is 12.5 Å². The van der Waals surface area contributed by atoms with Gasteiger partial charge in [0.1, 0.15) is 0 Å². The number of rotatable bonds is 9. The van der Waals surface area contributed by atoms with Crippen LogP contribution >= 0.6 is 0 Å². The molecule has 1 atom stereocenters. The van der Waals surface area contributed by atoms with E-state index in [-0.39, 0.29) is 34.9 Å². The fraction of sp³-hybridized carbons (Fsp3) is 0.500. The number of pyridine rings is 1. The summed E-state index contributed by atoms with van der Waals surface area (Å²) in [5, 5.41) is 13.2. The highest BCUT2D eigenvalue weighted by atomic mass is 32.3. The number of ketones is 1. The molecular formula is C12H17N3O8S2. The average Bonchev–Trinajstić information content (AvgIpc) is 2.45. The molecule has 0 amide bonds. The molecule has 1 aromatic rings. The van der Waals surface area contributed by atoms with Crippen molar-refractivity contribution >= 4 is 32.7 Å². The van der Waals surface area contributed by atoms with Crippen molar-refractivity contribution in [1.29, 1.82) is 5.53 Å². The highest BCUT2D eigenvalue weighted by molar-refractivity contribution is 7.85.